The second-order valence-electron chi connectivity index (χ2n) is 5.16. The molecule has 0 unspecified atom stereocenters. The normalized spacial score (nSPS) is 11.0. The van der Waals surface area contributed by atoms with Crippen molar-refractivity contribution in [2.45, 2.75) is 13.1 Å². The number of imide groups is 1. The summed E-state index contributed by atoms with van der Waals surface area (Å²) >= 11 is 0. The van der Waals surface area contributed by atoms with Gasteiger partial charge in [0.05, 0.1) is 5.56 Å². The predicted octanol–water partition coefficient (Wildman–Crippen LogP) is 3.28. The maximum atomic E-state index is 13.3. The number of aromatic nitrogens is 1. The third-order valence-corrected chi connectivity index (χ3v) is 2.99. The number of aryl methyl sites for hydroxylation is 1. The molecule has 0 aliphatic rings. The summed E-state index contributed by atoms with van der Waals surface area (Å²) in [5, 5.41) is 3.86. The topological polar surface area (TPSA) is 80.3 Å². The summed E-state index contributed by atoms with van der Waals surface area (Å²) in [6.07, 6.45) is -3.32. The Balaban J connectivity index is 1.92. The van der Waals surface area contributed by atoms with Crippen molar-refractivity contribution in [3.05, 3.63) is 53.5 Å². The molecule has 0 aliphatic carbocycles. The van der Waals surface area contributed by atoms with Gasteiger partial charge in [0, 0.05) is 6.20 Å². The number of alkyl halides is 3. The Labute approximate surface area is 145 Å². The van der Waals surface area contributed by atoms with Crippen LogP contribution in [0.15, 0.2) is 36.5 Å². The van der Waals surface area contributed by atoms with Crippen LogP contribution in [0, 0.1) is 12.7 Å². The van der Waals surface area contributed by atoms with Crippen LogP contribution in [-0.2, 0) is 11.0 Å². The van der Waals surface area contributed by atoms with Crippen molar-refractivity contribution in [1.82, 2.24) is 10.3 Å². The lowest BCUT2D eigenvalue weighted by Crippen LogP contribution is -2.37. The summed E-state index contributed by atoms with van der Waals surface area (Å²) in [7, 11) is 0. The monoisotopic (exact) mass is 371 g/mol. The van der Waals surface area contributed by atoms with Gasteiger partial charge in [-0.1, -0.05) is 0 Å². The summed E-state index contributed by atoms with van der Waals surface area (Å²) in [5.74, 6) is -2.30. The zero-order valence-electron chi connectivity index (χ0n) is 13.4. The van der Waals surface area contributed by atoms with Crippen molar-refractivity contribution in [2.24, 2.45) is 0 Å². The van der Waals surface area contributed by atoms with Crippen molar-refractivity contribution >= 4 is 17.8 Å². The van der Waals surface area contributed by atoms with Crippen LogP contribution >= 0.6 is 0 Å². The molecule has 1 aromatic carbocycles. The van der Waals surface area contributed by atoms with E-state index < -0.39 is 36.1 Å². The molecule has 0 aliphatic heterocycles. The van der Waals surface area contributed by atoms with Crippen LogP contribution in [-0.4, -0.2) is 23.5 Å². The number of hydrogen-bond acceptors (Lipinski definition) is 4. The van der Waals surface area contributed by atoms with Crippen molar-refractivity contribution in [3.63, 3.8) is 0 Å². The standard InChI is InChI=1S/C16H13F4N3O3/c1-9-5-10(16(18,19)20)7-11(6-9)26-8-13(24)22-15(25)23-14-12(17)3-2-4-21-14/h2-7H,8H2,1H3,(H2,21,22,23,24,25). The number of amides is 3. The first-order valence-electron chi connectivity index (χ1n) is 7.18. The Bertz CT molecular complexity index is 825. The quantitative estimate of drug-likeness (QED) is 0.809. The number of halogens is 4. The summed E-state index contributed by atoms with van der Waals surface area (Å²) < 4.78 is 56.5. The minimum absolute atomic E-state index is 0.177. The molecule has 6 nitrogen and oxygen atoms in total. The first-order chi connectivity index (χ1) is 12.1. The van der Waals surface area contributed by atoms with Crippen LogP contribution < -0.4 is 15.4 Å². The minimum Gasteiger partial charge on any atom is -0.484 e. The molecule has 0 radical (unpaired) electrons. The molecule has 1 aromatic heterocycles. The molecule has 0 saturated carbocycles. The lowest BCUT2D eigenvalue weighted by molar-refractivity contribution is -0.137. The lowest BCUT2D eigenvalue weighted by atomic mass is 10.1. The highest BCUT2D eigenvalue weighted by Crippen LogP contribution is 2.32. The van der Waals surface area contributed by atoms with Crippen LogP contribution in [0.2, 0.25) is 0 Å². The Kier molecular flexibility index (Phi) is 5.75. The third-order valence-electron chi connectivity index (χ3n) is 2.99. The molecule has 0 spiro atoms. The van der Waals surface area contributed by atoms with Crippen LogP contribution in [0.5, 0.6) is 5.75 Å². The Morgan fingerprint density at radius 1 is 1.23 bits per heavy atom. The van der Waals surface area contributed by atoms with Crippen LogP contribution in [0.1, 0.15) is 11.1 Å². The molecule has 0 saturated heterocycles. The summed E-state index contributed by atoms with van der Waals surface area (Å²) in [6.45, 7) is 0.732. The van der Waals surface area contributed by atoms with E-state index in [1.807, 2.05) is 10.6 Å². The van der Waals surface area contributed by atoms with E-state index in [0.29, 0.717) is 5.56 Å². The largest absolute Gasteiger partial charge is 0.484 e. The summed E-state index contributed by atoms with van der Waals surface area (Å²) in [6, 6.07) is 4.30. The predicted molar refractivity (Wildman–Crippen MR) is 83.0 cm³/mol. The molecule has 2 aromatic rings. The fraction of sp³-hybridized carbons (Fsp3) is 0.188. The molecule has 2 rings (SSSR count). The Hall–Kier alpha value is -3.17. The molecular formula is C16H13F4N3O3. The third kappa shape index (κ3) is 5.43. The van der Waals surface area contributed by atoms with Gasteiger partial charge in [0.2, 0.25) is 0 Å². The van der Waals surface area contributed by atoms with Gasteiger partial charge < -0.3 is 4.74 Å². The molecule has 1 heterocycles. The average molecular weight is 371 g/mol. The maximum Gasteiger partial charge on any atom is 0.416 e. The first kappa shape index (κ1) is 19.2. The van der Waals surface area contributed by atoms with E-state index >= 15 is 0 Å². The summed E-state index contributed by atoms with van der Waals surface area (Å²) in [5.41, 5.74) is -0.630. The van der Waals surface area contributed by atoms with Crippen LogP contribution in [0.3, 0.4) is 0 Å². The number of rotatable bonds is 4. The number of carbonyl (C=O) groups excluding carboxylic acids is 2. The molecule has 0 atom stereocenters. The highest BCUT2D eigenvalue weighted by Gasteiger charge is 2.31. The van der Waals surface area contributed by atoms with Crippen molar-refractivity contribution in [3.8, 4) is 5.75 Å². The van der Waals surface area contributed by atoms with Gasteiger partial charge in [-0.3, -0.25) is 15.4 Å². The van der Waals surface area contributed by atoms with E-state index in [4.69, 9.17) is 4.74 Å². The summed E-state index contributed by atoms with van der Waals surface area (Å²) in [4.78, 5) is 26.8. The van der Waals surface area contributed by atoms with E-state index in [0.717, 1.165) is 18.2 Å². The number of pyridine rings is 1. The van der Waals surface area contributed by atoms with E-state index in [9.17, 15) is 27.2 Å². The SMILES string of the molecule is Cc1cc(OCC(=O)NC(=O)Nc2ncccc2F)cc(C(F)(F)F)c1. The first-order valence-corrected chi connectivity index (χ1v) is 7.18. The smallest absolute Gasteiger partial charge is 0.416 e. The number of urea groups is 1. The molecule has 0 fully saturated rings. The number of benzene rings is 1. The Morgan fingerprint density at radius 2 is 1.96 bits per heavy atom. The second-order valence-corrected chi connectivity index (χ2v) is 5.16. The minimum atomic E-state index is -4.56. The number of nitrogens with one attached hydrogen (secondary N) is 2. The van der Waals surface area contributed by atoms with Crippen LogP contribution in [0.25, 0.3) is 0 Å². The fourth-order valence-electron chi connectivity index (χ4n) is 1.92. The van der Waals surface area contributed by atoms with Crippen molar-refractivity contribution in [2.75, 3.05) is 11.9 Å². The molecule has 26 heavy (non-hydrogen) atoms. The average Bonchev–Trinajstić information content (AvgIpc) is 2.54. The van der Waals surface area contributed by atoms with Crippen molar-refractivity contribution < 1.29 is 31.9 Å². The number of anilines is 1. The number of carbonyl (C=O) groups is 2. The van der Waals surface area contributed by atoms with E-state index in [1.165, 1.54) is 25.3 Å². The molecule has 138 valence electrons. The molecule has 10 heteroatoms. The molecular weight excluding hydrogens is 358 g/mol. The lowest BCUT2D eigenvalue weighted by Gasteiger charge is -2.12. The van der Waals surface area contributed by atoms with Crippen molar-refractivity contribution in [1.29, 1.82) is 0 Å². The zero-order chi connectivity index (χ0) is 19.3. The number of hydrogen-bond donors (Lipinski definition) is 2. The van der Waals surface area contributed by atoms with Gasteiger partial charge in [0.15, 0.2) is 18.2 Å². The molecule has 3 amide bonds. The highest BCUT2D eigenvalue weighted by molar-refractivity contribution is 6.01. The van der Waals surface area contributed by atoms with Gasteiger partial charge in [-0.15, -0.1) is 0 Å². The number of ether oxygens (including phenoxy) is 1. The van der Waals surface area contributed by atoms with Gasteiger partial charge in [-0.25, -0.2) is 14.2 Å². The van der Waals surface area contributed by atoms with Gasteiger partial charge in [-0.05, 0) is 42.8 Å². The zero-order valence-corrected chi connectivity index (χ0v) is 13.4. The van der Waals surface area contributed by atoms with E-state index in [-0.39, 0.29) is 11.6 Å². The Morgan fingerprint density at radius 3 is 2.62 bits per heavy atom. The number of nitrogens with zero attached hydrogens (tertiary/aromatic N) is 1. The van der Waals surface area contributed by atoms with Gasteiger partial charge in [-0.2, -0.15) is 13.2 Å². The fourth-order valence-corrected chi connectivity index (χ4v) is 1.92. The van der Waals surface area contributed by atoms with Gasteiger partial charge >= 0.3 is 12.2 Å². The molecule has 0 bridgehead atoms. The van der Waals surface area contributed by atoms with E-state index in [2.05, 4.69) is 4.98 Å². The highest BCUT2D eigenvalue weighted by atomic mass is 19.4. The van der Waals surface area contributed by atoms with Gasteiger partial charge in [0.1, 0.15) is 5.75 Å². The maximum absolute atomic E-state index is 13.3. The van der Waals surface area contributed by atoms with Gasteiger partial charge in [0.25, 0.3) is 5.91 Å². The second kappa shape index (κ2) is 7.81. The van der Waals surface area contributed by atoms with E-state index in [1.54, 1.807) is 0 Å². The molecule has 2 N–H and O–H groups in total. The van der Waals surface area contributed by atoms with Crippen LogP contribution in [0.4, 0.5) is 28.2 Å².